The van der Waals surface area contributed by atoms with Crippen molar-refractivity contribution in [3.63, 3.8) is 0 Å². The van der Waals surface area contributed by atoms with Gasteiger partial charge in [0.1, 0.15) is 0 Å². The van der Waals surface area contributed by atoms with Crippen molar-refractivity contribution in [1.29, 1.82) is 0 Å². The molecule has 1 rings (SSSR count). The largest absolute Gasteiger partial charge is 0.383 e. The molecule has 1 heterocycles. The lowest BCUT2D eigenvalue weighted by atomic mass is 9.97. The van der Waals surface area contributed by atoms with Crippen LogP contribution in [0.4, 0.5) is 5.95 Å². The Labute approximate surface area is 98.0 Å². The molecule has 1 N–H and O–H groups in total. The lowest BCUT2D eigenvalue weighted by molar-refractivity contribution is 0.187. The van der Waals surface area contributed by atoms with Gasteiger partial charge in [0, 0.05) is 26.4 Å². The lowest BCUT2D eigenvalue weighted by Gasteiger charge is -2.19. The van der Waals surface area contributed by atoms with Gasteiger partial charge < -0.3 is 14.6 Å². The van der Waals surface area contributed by atoms with Crippen LogP contribution in [0.2, 0.25) is 0 Å². The van der Waals surface area contributed by atoms with E-state index in [-0.39, 0.29) is 5.41 Å². The zero-order valence-electron chi connectivity index (χ0n) is 11.0. The van der Waals surface area contributed by atoms with Crippen molar-refractivity contribution in [1.82, 2.24) is 9.55 Å². The second-order valence-electron chi connectivity index (χ2n) is 5.31. The quantitative estimate of drug-likeness (QED) is 0.835. The molecule has 0 aliphatic rings. The summed E-state index contributed by atoms with van der Waals surface area (Å²) in [5, 5.41) is 3.38. The first-order valence-electron chi connectivity index (χ1n) is 5.69. The molecule has 0 amide bonds. The molecule has 0 aliphatic carbocycles. The Hall–Kier alpha value is -1.03. The van der Waals surface area contributed by atoms with Gasteiger partial charge in [0.05, 0.1) is 12.3 Å². The summed E-state index contributed by atoms with van der Waals surface area (Å²) in [5.74, 6) is 0.935. The van der Waals surface area contributed by atoms with Crippen LogP contribution in [0.25, 0.3) is 0 Å². The van der Waals surface area contributed by atoms with E-state index < -0.39 is 0 Å². The number of methoxy groups -OCH3 is 1. The molecular weight excluding hydrogens is 202 g/mol. The molecule has 4 heteroatoms. The first-order valence-corrected chi connectivity index (χ1v) is 5.69. The molecule has 0 saturated heterocycles. The van der Waals surface area contributed by atoms with Gasteiger partial charge in [0.15, 0.2) is 0 Å². The smallest absolute Gasteiger partial charge is 0.203 e. The number of imidazole rings is 1. The summed E-state index contributed by atoms with van der Waals surface area (Å²) in [4.78, 5) is 4.46. The molecule has 0 atom stereocenters. The number of aryl methyl sites for hydroxylation is 1. The van der Waals surface area contributed by atoms with E-state index in [1.807, 2.05) is 13.1 Å². The Bertz CT molecular complexity index is 325. The highest BCUT2D eigenvalue weighted by Gasteiger charge is 2.12. The molecule has 0 aliphatic heterocycles. The maximum absolute atomic E-state index is 5.08. The van der Waals surface area contributed by atoms with Crippen LogP contribution < -0.4 is 5.32 Å². The number of anilines is 1. The van der Waals surface area contributed by atoms with Crippen molar-refractivity contribution in [2.24, 2.45) is 5.41 Å². The van der Waals surface area contributed by atoms with E-state index in [2.05, 4.69) is 35.6 Å². The molecular formula is C12H23N3O. The molecule has 0 bridgehead atoms. The van der Waals surface area contributed by atoms with E-state index in [0.29, 0.717) is 6.61 Å². The lowest BCUT2D eigenvalue weighted by Crippen LogP contribution is -2.21. The van der Waals surface area contributed by atoms with Crippen molar-refractivity contribution in [3.05, 3.63) is 11.9 Å². The molecule has 92 valence electrons. The predicted octanol–water partition coefficient (Wildman–Crippen LogP) is 2.30. The minimum atomic E-state index is 0.256. The first kappa shape index (κ1) is 13.0. The van der Waals surface area contributed by atoms with Crippen LogP contribution in [-0.2, 0) is 11.3 Å². The van der Waals surface area contributed by atoms with E-state index in [0.717, 1.165) is 24.7 Å². The SMILES string of the molecule is COCCn1cc(C)nc1NCC(C)(C)C. The maximum Gasteiger partial charge on any atom is 0.203 e. The van der Waals surface area contributed by atoms with E-state index >= 15 is 0 Å². The highest BCUT2D eigenvalue weighted by Crippen LogP contribution is 2.15. The minimum Gasteiger partial charge on any atom is -0.383 e. The van der Waals surface area contributed by atoms with Crippen molar-refractivity contribution in [2.75, 3.05) is 25.6 Å². The Balaban J connectivity index is 2.63. The van der Waals surface area contributed by atoms with Crippen LogP contribution in [0.3, 0.4) is 0 Å². The van der Waals surface area contributed by atoms with E-state index in [4.69, 9.17) is 4.74 Å². The second-order valence-corrected chi connectivity index (χ2v) is 5.31. The number of hydrogen-bond donors (Lipinski definition) is 1. The minimum absolute atomic E-state index is 0.256. The average molecular weight is 225 g/mol. The zero-order chi connectivity index (χ0) is 12.2. The van der Waals surface area contributed by atoms with Crippen LogP contribution in [0.15, 0.2) is 6.20 Å². The van der Waals surface area contributed by atoms with Crippen molar-refractivity contribution in [3.8, 4) is 0 Å². The number of nitrogens with zero attached hydrogens (tertiary/aromatic N) is 2. The highest BCUT2D eigenvalue weighted by atomic mass is 16.5. The normalized spacial score (nSPS) is 11.8. The summed E-state index contributed by atoms with van der Waals surface area (Å²) in [6.07, 6.45) is 2.05. The molecule has 0 radical (unpaired) electrons. The van der Waals surface area contributed by atoms with E-state index in [1.54, 1.807) is 7.11 Å². The number of ether oxygens (including phenoxy) is 1. The van der Waals surface area contributed by atoms with Gasteiger partial charge in [-0.25, -0.2) is 4.98 Å². The summed E-state index contributed by atoms with van der Waals surface area (Å²) in [7, 11) is 1.71. The molecule has 0 saturated carbocycles. The number of hydrogen-bond acceptors (Lipinski definition) is 3. The average Bonchev–Trinajstić information content (AvgIpc) is 2.52. The van der Waals surface area contributed by atoms with Gasteiger partial charge in [-0.1, -0.05) is 20.8 Å². The van der Waals surface area contributed by atoms with Crippen molar-refractivity contribution < 1.29 is 4.74 Å². The molecule has 0 unspecified atom stereocenters. The number of rotatable bonds is 5. The predicted molar refractivity (Wildman–Crippen MR) is 66.8 cm³/mol. The molecule has 0 spiro atoms. The van der Waals surface area contributed by atoms with Gasteiger partial charge in [0.2, 0.25) is 5.95 Å². The standard InChI is InChI=1S/C12H23N3O/c1-10-8-15(6-7-16-5)11(14-10)13-9-12(2,3)4/h8H,6-7,9H2,1-5H3,(H,13,14). The fourth-order valence-corrected chi connectivity index (χ4v) is 1.39. The fraction of sp³-hybridized carbons (Fsp3) is 0.750. The zero-order valence-corrected chi connectivity index (χ0v) is 11.0. The first-order chi connectivity index (χ1) is 7.42. The highest BCUT2D eigenvalue weighted by molar-refractivity contribution is 5.29. The molecule has 0 fully saturated rings. The third-order valence-corrected chi connectivity index (χ3v) is 2.21. The van der Waals surface area contributed by atoms with Crippen LogP contribution in [-0.4, -0.2) is 29.8 Å². The van der Waals surface area contributed by atoms with Gasteiger partial charge in [-0.3, -0.25) is 0 Å². The van der Waals surface area contributed by atoms with Crippen LogP contribution in [0.5, 0.6) is 0 Å². The van der Waals surface area contributed by atoms with E-state index in [9.17, 15) is 0 Å². The van der Waals surface area contributed by atoms with Gasteiger partial charge in [0.25, 0.3) is 0 Å². The van der Waals surface area contributed by atoms with Gasteiger partial charge in [-0.2, -0.15) is 0 Å². The number of nitrogens with one attached hydrogen (secondary N) is 1. The molecule has 1 aromatic rings. The van der Waals surface area contributed by atoms with Crippen LogP contribution in [0, 0.1) is 12.3 Å². The summed E-state index contributed by atoms with van der Waals surface area (Å²) in [5.41, 5.74) is 1.29. The number of aromatic nitrogens is 2. The summed E-state index contributed by atoms with van der Waals surface area (Å²) in [6.45, 7) is 11.1. The third kappa shape index (κ3) is 4.23. The topological polar surface area (TPSA) is 39.1 Å². The maximum atomic E-state index is 5.08. The Morgan fingerprint density at radius 3 is 2.69 bits per heavy atom. The van der Waals surface area contributed by atoms with Gasteiger partial charge in [-0.15, -0.1) is 0 Å². The Kier molecular flexibility index (Phi) is 4.35. The Morgan fingerprint density at radius 1 is 1.44 bits per heavy atom. The summed E-state index contributed by atoms with van der Waals surface area (Å²) in [6, 6.07) is 0. The van der Waals surface area contributed by atoms with Crippen LogP contribution >= 0.6 is 0 Å². The Morgan fingerprint density at radius 2 is 2.12 bits per heavy atom. The molecule has 16 heavy (non-hydrogen) atoms. The summed E-state index contributed by atoms with van der Waals surface area (Å²) >= 11 is 0. The van der Waals surface area contributed by atoms with Gasteiger partial charge in [-0.05, 0) is 12.3 Å². The van der Waals surface area contributed by atoms with Gasteiger partial charge >= 0.3 is 0 Å². The van der Waals surface area contributed by atoms with E-state index in [1.165, 1.54) is 0 Å². The van der Waals surface area contributed by atoms with Crippen LogP contribution in [0.1, 0.15) is 26.5 Å². The summed E-state index contributed by atoms with van der Waals surface area (Å²) < 4.78 is 7.18. The van der Waals surface area contributed by atoms with Crippen molar-refractivity contribution >= 4 is 5.95 Å². The third-order valence-electron chi connectivity index (χ3n) is 2.21. The molecule has 1 aromatic heterocycles. The molecule has 0 aromatic carbocycles. The molecule has 4 nitrogen and oxygen atoms in total. The fourth-order valence-electron chi connectivity index (χ4n) is 1.39. The second kappa shape index (κ2) is 5.34. The van der Waals surface area contributed by atoms with Crippen molar-refractivity contribution in [2.45, 2.75) is 34.2 Å². The monoisotopic (exact) mass is 225 g/mol.